The van der Waals surface area contributed by atoms with Crippen molar-refractivity contribution >= 4 is 16.9 Å². The van der Waals surface area contributed by atoms with Crippen molar-refractivity contribution in [1.29, 1.82) is 0 Å². The van der Waals surface area contributed by atoms with Gasteiger partial charge in [-0.15, -0.1) is 0 Å². The zero-order chi connectivity index (χ0) is 16.4. The number of nitrogens with zero attached hydrogens (tertiary/aromatic N) is 1. The second kappa shape index (κ2) is 4.96. The third-order valence-electron chi connectivity index (χ3n) is 6.43. The Bertz CT molecular complexity index is 866. The fraction of sp³-hybridized carbons (Fsp3) is 0.450. The summed E-state index contributed by atoms with van der Waals surface area (Å²) in [6.07, 6.45) is 4.15. The number of esters is 1. The van der Waals surface area contributed by atoms with Gasteiger partial charge in [0, 0.05) is 29.2 Å². The number of carbonyl (C=O) groups is 1. The number of benzene rings is 1. The molecule has 1 aromatic heterocycles. The van der Waals surface area contributed by atoms with Crippen molar-refractivity contribution in [3.8, 4) is 0 Å². The molecule has 3 fully saturated rings. The Hall–Kier alpha value is -2.07. The Morgan fingerprint density at radius 1 is 1.38 bits per heavy atom. The molecular formula is C20H22N2O2. The number of methoxy groups -OCH3 is 1. The van der Waals surface area contributed by atoms with Crippen LogP contribution in [0.4, 0.5) is 0 Å². The van der Waals surface area contributed by atoms with E-state index in [1.54, 1.807) is 0 Å². The Morgan fingerprint density at radius 2 is 2.21 bits per heavy atom. The average Bonchev–Trinajstić information content (AvgIpc) is 2.99. The van der Waals surface area contributed by atoms with Gasteiger partial charge in [0.25, 0.3) is 0 Å². The maximum Gasteiger partial charge on any atom is 0.310 e. The number of ether oxygens (including phenoxy) is 1. The summed E-state index contributed by atoms with van der Waals surface area (Å²) < 4.78 is 5.18. The molecular weight excluding hydrogens is 300 g/mol. The van der Waals surface area contributed by atoms with Crippen LogP contribution < -0.4 is 0 Å². The maximum atomic E-state index is 12.5. The van der Waals surface area contributed by atoms with Gasteiger partial charge in [0.05, 0.1) is 19.1 Å². The smallest absolute Gasteiger partial charge is 0.310 e. The summed E-state index contributed by atoms with van der Waals surface area (Å²) in [5.41, 5.74) is 5.40. The molecule has 4 aliphatic rings. The molecule has 1 N–H and O–H groups in total. The average molecular weight is 322 g/mol. The van der Waals surface area contributed by atoms with E-state index in [1.807, 2.05) is 0 Å². The molecule has 124 valence electrons. The van der Waals surface area contributed by atoms with Crippen molar-refractivity contribution in [2.24, 2.45) is 11.8 Å². The van der Waals surface area contributed by atoms with Crippen LogP contribution in [0.25, 0.3) is 10.9 Å². The summed E-state index contributed by atoms with van der Waals surface area (Å²) in [6.45, 7) is 3.08. The fourth-order valence-electron chi connectivity index (χ4n) is 5.39. The molecule has 3 saturated heterocycles. The van der Waals surface area contributed by atoms with Crippen molar-refractivity contribution in [2.75, 3.05) is 13.7 Å². The van der Waals surface area contributed by atoms with Crippen LogP contribution in [0.3, 0.4) is 0 Å². The van der Waals surface area contributed by atoms with Gasteiger partial charge in [0.1, 0.15) is 0 Å². The number of hydrogen-bond acceptors (Lipinski definition) is 3. The van der Waals surface area contributed by atoms with Gasteiger partial charge in [0.2, 0.25) is 0 Å². The lowest BCUT2D eigenvalue weighted by Gasteiger charge is -2.57. The van der Waals surface area contributed by atoms with Crippen molar-refractivity contribution < 1.29 is 9.53 Å². The van der Waals surface area contributed by atoms with Gasteiger partial charge in [-0.3, -0.25) is 9.69 Å². The van der Waals surface area contributed by atoms with Gasteiger partial charge in [-0.05, 0) is 37.3 Å². The van der Waals surface area contributed by atoms with E-state index < -0.39 is 0 Å². The summed E-state index contributed by atoms with van der Waals surface area (Å²) in [4.78, 5) is 18.8. The molecule has 4 aliphatic heterocycles. The van der Waals surface area contributed by atoms with Gasteiger partial charge in [-0.25, -0.2) is 0 Å². The van der Waals surface area contributed by atoms with E-state index in [-0.39, 0.29) is 17.9 Å². The molecule has 5 atom stereocenters. The number of aromatic nitrogens is 1. The van der Waals surface area contributed by atoms with Crippen LogP contribution in [0, 0.1) is 11.8 Å². The molecule has 4 bridgehead atoms. The minimum absolute atomic E-state index is 0.0342. The van der Waals surface area contributed by atoms with Gasteiger partial charge in [-0.2, -0.15) is 0 Å². The summed E-state index contributed by atoms with van der Waals surface area (Å²) in [6, 6.07) is 9.20. The number of aromatic amines is 1. The van der Waals surface area contributed by atoms with Crippen LogP contribution in [-0.4, -0.2) is 35.5 Å². The third kappa shape index (κ3) is 1.69. The Balaban J connectivity index is 1.67. The predicted molar refractivity (Wildman–Crippen MR) is 92.6 cm³/mol. The quantitative estimate of drug-likeness (QED) is 0.648. The highest BCUT2D eigenvalue weighted by Crippen LogP contribution is 2.54. The number of fused-ring (bicyclic) bond motifs is 4. The fourth-order valence-corrected chi connectivity index (χ4v) is 5.39. The van der Waals surface area contributed by atoms with Crippen LogP contribution in [0.5, 0.6) is 0 Å². The van der Waals surface area contributed by atoms with Crippen LogP contribution >= 0.6 is 0 Å². The van der Waals surface area contributed by atoms with E-state index in [0.717, 1.165) is 19.4 Å². The first-order chi connectivity index (χ1) is 11.7. The molecule has 0 aliphatic carbocycles. The number of piperidine rings is 3. The second-order valence-electron chi connectivity index (χ2n) is 7.28. The normalized spacial score (nSPS) is 35.2. The summed E-state index contributed by atoms with van der Waals surface area (Å²) in [5.74, 6) is 0.241. The first kappa shape index (κ1) is 14.3. The largest absolute Gasteiger partial charge is 0.469 e. The highest BCUT2D eigenvalue weighted by Gasteiger charge is 2.55. The van der Waals surface area contributed by atoms with Gasteiger partial charge in [-0.1, -0.05) is 29.8 Å². The third-order valence-corrected chi connectivity index (χ3v) is 6.43. The molecule has 3 unspecified atom stereocenters. The molecule has 24 heavy (non-hydrogen) atoms. The number of nitrogens with one attached hydrogen (secondary N) is 1. The second-order valence-corrected chi connectivity index (χ2v) is 7.28. The van der Waals surface area contributed by atoms with E-state index in [2.05, 4.69) is 47.1 Å². The topological polar surface area (TPSA) is 45.3 Å². The number of carbonyl (C=O) groups excluding carboxylic acids is 1. The zero-order valence-corrected chi connectivity index (χ0v) is 14.1. The minimum Gasteiger partial charge on any atom is -0.469 e. The molecule has 5 heterocycles. The van der Waals surface area contributed by atoms with Crippen LogP contribution in [0.2, 0.25) is 0 Å². The van der Waals surface area contributed by atoms with Gasteiger partial charge < -0.3 is 9.72 Å². The number of H-pyrrole nitrogens is 1. The van der Waals surface area contributed by atoms with Crippen molar-refractivity contribution in [3.05, 3.63) is 47.2 Å². The van der Waals surface area contributed by atoms with E-state index in [4.69, 9.17) is 4.74 Å². The monoisotopic (exact) mass is 322 g/mol. The van der Waals surface area contributed by atoms with Crippen LogP contribution in [0.1, 0.15) is 30.6 Å². The first-order valence-electron chi connectivity index (χ1n) is 8.81. The minimum atomic E-state index is -0.0456. The Labute approximate surface area is 141 Å². The van der Waals surface area contributed by atoms with E-state index >= 15 is 0 Å². The summed E-state index contributed by atoms with van der Waals surface area (Å²) in [5, 5.41) is 1.32. The lowest BCUT2D eigenvalue weighted by atomic mass is 9.64. The molecule has 1 aromatic carbocycles. The number of para-hydroxylation sites is 1. The van der Waals surface area contributed by atoms with Crippen LogP contribution in [-0.2, 0) is 16.0 Å². The lowest BCUT2D eigenvalue weighted by molar-refractivity contribution is -0.157. The molecule has 6 rings (SSSR count). The SMILES string of the molecule is C/C=C1\CN2C3Cc4c([nH]c5ccccc45)[C@@H]2C[C@@H]1C3C(=O)OC. The molecule has 4 heteroatoms. The standard InChI is InChI=1S/C20H22N2O2/c1-3-11-10-22-16-9-14-12-6-4-5-7-15(12)21-19(14)17(22)8-13(11)18(16)20(23)24-2/h3-7,13,16-18,21H,8-10H2,1-2H3/b11-3+/t13-,16?,17-,18?/m0/s1. The van der Waals surface area contributed by atoms with Crippen molar-refractivity contribution in [3.63, 3.8) is 0 Å². The molecule has 4 nitrogen and oxygen atoms in total. The Morgan fingerprint density at radius 3 is 3.00 bits per heavy atom. The molecule has 0 amide bonds. The van der Waals surface area contributed by atoms with E-state index in [1.165, 1.54) is 34.8 Å². The number of rotatable bonds is 1. The first-order valence-corrected chi connectivity index (χ1v) is 8.81. The summed E-state index contributed by atoms with van der Waals surface area (Å²) >= 11 is 0. The molecule has 0 spiro atoms. The van der Waals surface area contributed by atoms with Gasteiger partial charge in [0.15, 0.2) is 0 Å². The molecule has 0 saturated carbocycles. The highest BCUT2D eigenvalue weighted by atomic mass is 16.5. The van der Waals surface area contributed by atoms with Crippen LogP contribution in [0.15, 0.2) is 35.9 Å². The van der Waals surface area contributed by atoms with Crippen molar-refractivity contribution in [2.45, 2.75) is 31.8 Å². The van der Waals surface area contributed by atoms with Crippen molar-refractivity contribution in [1.82, 2.24) is 9.88 Å². The Kier molecular flexibility index (Phi) is 2.95. The van der Waals surface area contributed by atoms with E-state index in [9.17, 15) is 4.79 Å². The van der Waals surface area contributed by atoms with E-state index in [0.29, 0.717) is 12.0 Å². The summed E-state index contributed by atoms with van der Waals surface area (Å²) in [7, 11) is 1.52. The predicted octanol–water partition coefficient (Wildman–Crippen LogP) is 3.20. The number of hydrogen-bond donors (Lipinski definition) is 1. The maximum absolute atomic E-state index is 12.5. The highest BCUT2D eigenvalue weighted by molar-refractivity contribution is 5.86. The number of allylic oxidation sites excluding steroid dienone is 1. The zero-order valence-electron chi connectivity index (χ0n) is 14.1. The lowest BCUT2D eigenvalue weighted by Crippen LogP contribution is -2.62. The molecule has 0 radical (unpaired) electrons. The van der Waals surface area contributed by atoms with Gasteiger partial charge >= 0.3 is 5.97 Å². The molecule has 2 aromatic rings.